The first-order valence-electron chi connectivity index (χ1n) is 16.6. The van der Waals surface area contributed by atoms with Gasteiger partial charge in [0.05, 0.1) is 24.9 Å². The smallest absolute Gasteiger partial charge is 0.186 e. The van der Waals surface area contributed by atoms with Crippen LogP contribution in [0.1, 0.15) is 98.8 Å². The summed E-state index contributed by atoms with van der Waals surface area (Å²) < 4.78 is 25.5. The minimum Gasteiger partial charge on any atom is -0.388 e. The van der Waals surface area contributed by atoms with Crippen molar-refractivity contribution in [1.82, 2.24) is 0 Å². The fourth-order valence-electron chi connectivity index (χ4n) is 11.7. The van der Waals surface area contributed by atoms with Crippen molar-refractivity contribution in [1.29, 1.82) is 0 Å². The van der Waals surface area contributed by atoms with E-state index in [1.165, 1.54) is 38.5 Å². The van der Waals surface area contributed by atoms with Gasteiger partial charge in [-0.2, -0.15) is 0 Å². The minimum atomic E-state index is -1.24. The summed E-state index contributed by atoms with van der Waals surface area (Å²) in [6, 6.07) is 0. The molecule has 7 rings (SSSR count). The van der Waals surface area contributed by atoms with Crippen LogP contribution in [-0.2, 0) is 18.9 Å². The first-order chi connectivity index (χ1) is 19.0. The molecule has 3 heterocycles. The summed E-state index contributed by atoms with van der Waals surface area (Å²) >= 11 is 0. The highest BCUT2D eigenvalue weighted by Gasteiger charge is 2.69. The summed E-state index contributed by atoms with van der Waals surface area (Å²) in [7, 11) is 0. The lowest BCUT2D eigenvalue weighted by Crippen LogP contribution is -2.59. The average molecular weight is 563 g/mol. The van der Waals surface area contributed by atoms with Crippen molar-refractivity contribution in [3.63, 3.8) is 0 Å². The van der Waals surface area contributed by atoms with Crippen LogP contribution in [0.3, 0.4) is 0 Å². The standard InChI is InChI=1S/C33H54O7/c1-17-8-13-33(37-16-17)18(2)26-25(40-33)15-24-22-7-6-20-14-21(39-30-29(36)28(35)27(34)19(3)38-30)9-11-31(20,4)23(22)10-12-32(24,26)5/h17-30,34-36H,6-16H2,1-5H3/t17-,18+,19+,20?,21?,22?,23?,24?,25+,26+,27+,28+,29-,30+,31+,32+,33-/m1/s1. The number of rotatable bonds is 2. The van der Waals surface area contributed by atoms with E-state index in [1.54, 1.807) is 6.92 Å². The Balaban J connectivity index is 1.03. The Bertz CT molecular complexity index is 951. The SMILES string of the molecule is C[C@@H]1CC[C@@]2(OC1)O[C@H]1CC3C4CCC5CC(O[C@@H]6O[C@@H](C)[C@H](O)[C@H](O)[C@H]6O)CC[C@]5(C)C4CC[C@]3(C)[C@H]1[C@@H]2C. The fraction of sp³-hybridized carbons (Fsp3) is 1.00. The van der Waals surface area contributed by atoms with Gasteiger partial charge in [-0.05, 0) is 111 Å². The van der Waals surface area contributed by atoms with E-state index < -0.39 is 30.7 Å². The molecule has 7 heteroatoms. The third-order valence-electron chi connectivity index (χ3n) is 14.0. The normalized spacial score (nSPS) is 61.5. The van der Waals surface area contributed by atoms with Crippen molar-refractivity contribution in [3.05, 3.63) is 0 Å². The molecular weight excluding hydrogens is 508 g/mol. The zero-order valence-electron chi connectivity index (χ0n) is 25.3. The van der Waals surface area contributed by atoms with Gasteiger partial charge in [0.15, 0.2) is 12.1 Å². The molecule has 0 aromatic rings. The van der Waals surface area contributed by atoms with Gasteiger partial charge < -0.3 is 34.3 Å². The molecule has 0 aromatic carbocycles. The molecular formula is C33H54O7. The highest BCUT2D eigenvalue weighted by Crippen LogP contribution is 2.71. The summed E-state index contributed by atoms with van der Waals surface area (Å²) in [6.07, 6.45) is 7.12. The van der Waals surface area contributed by atoms with E-state index in [1.807, 2.05) is 0 Å². The van der Waals surface area contributed by atoms with E-state index in [9.17, 15) is 15.3 Å². The number of fused-ring (bicyclic) bond motifs is 7. The van der Waals surface area contributed by atoms with Crippen molar-refractivity contribution < 1.29 is 34.3 Å². The molecule has 3 N–H and O–H groups in total. The molecule has 0 bridgehead atoms. The van der Waals surface area contributed by atoms with E-state index >= 15 is 0 Å². The summed E-state index contributed by atoms with van der Waals surface area (Å²) in [5, 5.41) is 30.8. The molecule has 0 amide bonds. The maximum absolute atomic E-state index is 10.5. The molecule has 7 nitrogen and oxygen atoms in total. The van der Waals surface area contributed by atoms with Crippen molar-refractivity contribution in [2.24, 2.45) is 52.3 Å². The zero-order valence-corrected chi connectivity index (χ0v) is 25.3. The maximum Gasteiger partial charge on any atom is 0.186 e. The van der Waals surface area contributed by atoms with Crippen LogP contribution < -0.4 is 0 Å². The third-order valence-corrected chi connectivity index (χ3v) is 14.0. The van der Waals surface area contributed by atoms with Gasteiger partial charge in [0.1, 0.15) is 18.3 Å². The molecule has 17 atom stereocenters. The summed E-state index contributed by atoms with van der Waals surface area (Å²) in [4.78, 5) is 0. The van der Waals surface area contributed by atoms with E-state index in [0.29, 0.717) is 40.6 Å². The van der Waals surface area contributed by atoms with Crippen LogP contribution >= 0.6 is 0 Å². The molecule has 7 fully saturated rings. The Morgan fingerprint density at radius 3 is 2.30 bits per heavy atom. The lowest BCUT2D eigenvalue weighted by Gasteiger charge is -2.61. The molecule has 4 aliphatic carbocycles. The van der Waals surface area contributed by atoms with Crippen LogP contribution in [0.2, 0.25) is 0 Å². The van der Waals surface area contributed by atoms with Gasteiger partial charge in [-0.25, -0.2) is 0 Å². The van der Waals surface area contributed by atoms with Gasteiger partial charge >= 0.3 is 0 Å². The second kappa shape index (κ2) is 9.87. The van der Waals surface area contributed by atoms with Gasteiger partial charge in [-0.1, -0.05) is 27.7 Å². The lowest BCUT2D eigenvalue weighted by atomic mass is 9.44. The third kappa shape index (κ3) is 4.07. The van der Waals surface area contributed by atoms with Crippen molar-refractivity contribution in [2.45, 2.75) is 148 Å². The molecule has 7 aliphatic rings. The predicted octanol–water partition coefficient (Wildman–Crippen LogP) is 4.65. The van der Waals surface area contributed by atoms with Crippen molar-refractivity contribution >= 4 is 0 Å². The number of aliphatic hydroxyl groups excluding tert-OH is 3. The second-order valence-electron chi connectivity index (χ2n) is 15.9. The molecule has 5 unspecified atom stereocenters. The zero-order chi connectivity index (χ0) is 28.2. The molecule has 4 saturated carbocycles. The van der Waals surface area contributed by atoms with Gasteiger partial charge in [0, 0.05) is 12.3 Å². The first-order valence-corrected chi connectivity index (χ1v) is 16.6. The first kappa shape index (κ1) is 28.5. The van der Waals surface area contributed by atoms with Gasteiger partial charge in [0.25, 0.3) is 0 Å². The van der Waals surface area contributed by atoms with Crippen LogP contribution in [0.15, 0.2) is 0 Å². The topological polar surface area (TPSA) is 97.6 Å². The predicted molar refractivity (Wildman–Crippen MR) is 149 cm³/mol. The van der Waals surface area contributed by atoms with E-state index in [-0.39, 0.29) is 11.9 Å². The Morgan fingerprint density at radius 2 is 1.55 bits per heavy atom. The van der Waals surface area contributed by atoms with Crippen LogP contribution in [0.5, 0.6) is 0 Å². The molecule has 40 heavy (non-hydrogen) atoms. The number of aliphatic hydroxyl groups is 3. The van der Waals surface area contributed by atoms with E-state index in [2.05, 4.69) is 27.7 Å². The Kier molecular flexibility index (Phi) is 7.03. The number of hydrogen-bond donors (Lipinski definition) is 3. The van der Waals surface area contributed by atoms with E-state index in [0.717, 1.165) is 50.0 Å². The highest BCUT2D eigenvalue weighted by molar-refractivity contribution is 5.15. The molecule has 0 aromatic heterocycles. The highest BCUT2D eigenvalue weighted by atomic mass is 16.7. The lowest BCUT2D eigenvalue weighted by molar-refractivity contribution is -0.309. The molecule has 1 spiro atoms. The summed E-state index contributed by atoms with van der Waals surface area (Å²) in [5.41, 5.74) is 0.675. The molecule has 3 saturated heterocycles. The Labute approximate surface area is 240 Å². The second-order valence-corrected chi connectivity index (χ2v) is 15.9. The number of hydrogen-bond acceptors (Lipinski definition) is 7. The Hall–Kier alpha value is -0.280. The van der Waals surface area contributed by atoms with Crippen molar-refractivity contribution in [3.8, 4) is 0 Å². The average Bonchev–Trinajstić information content (AvgIpc) is 3.37. The summed E-state index contributed by atoms with van der Waals surface area (Å²) in [6.45, 7) is 12.5. The maximum atomic E-state index is 10.5. The van der Waals surface area contributed by atoms with Crippen LogP contribution in [-0.4, -0.2) is 70.6 Å². The van der Waals surface area contributed by atoms with Gasteiger partial charge in [0.2, 0.25) is 0 Å². The molecule has 228 valence electrons. The fourth-order valence-corrected chi connectivity index (χ4v) is 11.7. The Morgan fingerprint density at radius 1 is 0.775 bits per heavy atom. The monoisotopic (exact) mass is 562 g/mol. The quantitative estimate of drug-likeness (QED) is 0.422. The van der Waals surface area contributed by atoms with Crippen LogP contribution in [0.4, 0.5) is 0 Å². The van der Waals surface area contributed by atoms with Gasteiger partial charge in [-0.3, -0.25) is 0 Å². The summed E-state index contributed by atoms with van der Waals surface area (Å²) in [5.74, 6) is 4.28. The van der Waals surface area contributed by atoms with E-state index in [4.69, 9.17) is 18.9 Å². The largest absolute Gasteiger partial charge is 0.388 e. The van der Waals surface area contributed by atoms with Crippen LogP contribution in [0, 0.1) is 52.3 Å². The molecule has 0 radical (unpaired) electrons. The molecule has 3 aliphatic heterocycles. The van der Waals surface area contributed by atoms with Gasteiger partial charge in [-0.15, -0.1) is 0 Å². The minimum absolute atomic E-state index is 0.0206. The van der Waals surface area contributed by atoms with Crippen molar-refractivity contribution in [2.75, 3.05) is 6.61 Å². The van der Waals surface area contributed by atoms with Crippen LogP contribution in [0.25, 0.3) is 0 Å². The number of ether oxygens (including phenoxy) is 4.